The molecule has 0 spiro atoms. The van der Waals surface area contributed by atoms with Gasteiger partial charge in [0.05, 0.1) is 21.7 Å². The largest absolute Gasteiger partial charge is 0.436 e. The van der Waals surface area contributed by atoms with Gasteiger partial charge in [0.25, 0.3) is 0 Å². The number of aromatic nitrogens is 2. The smallest absolute Gasteiger partial charge is 0.238 e. The predicted molar refractivity (Wildman–Crippen MR) is 73.8 cm³/mol. The van der Waals surface area contributed by atoms with Crippen LogP contribution in [-0.2, 0) is 0 Å². The summed E-state index contributed by atoms with van der Waals surface area (Å²) in [4.78, 5) is 8.71. The van der Waals surface area contributed by atoms with Crippen LogP contribution in [0.4, 0.5) is 0 Å². The molecule has 0 atom stereocenters. The average molecular weight is 301 g/mol. The lowest BCUT2D eigenvalue weighted by molar-refractivity contribution is 0.460. The van der Waals surface area contributed by atoms with E-state index in [1.54, 1.807) is 6.20 Å². The first-order valence-electron chi connectivity index (χ1n) is 5.47. The first-order valence-corrected chi connectivity index (χ1v) is 6.26. The monoisotopic (exact) mass is 300 g/mol. The third-order valence-electron chi connectivity index (χ3n) is 2.48. The molecule has 1 aromatic heterocycles. The van der Waals surface area contributed by atoms with Gasteiger partial charge in [0.2, 0.25) is 5.88 Å². The van der Waals surface area contributed by atoms with Crippen molar-refractivity contribution < 1.29 is 4.74 Å². The van der Waals surface area contributed by atoms with Crippen LogP contribution in [0.15, 0.2) is 59.2 Å². The van der Waals surface area contributed by atoms with Crippen LogP contribution < -0.4 is 4.74 Å². The maximum atomic E-state index is 5.70. The number of para-hydroxylation sites is 3. The highest BCUT2D eigenvalue weighted by molar-refractivity contribution is 9.10. The predicted octanol–water partition coefficient (Wildman–Crippen LogP) is 4.18. The lowest BCUT2D eigenvalue weighted by Gasteiger charge is -2.06. The molecule has 3 aromatic rings. The number of hydrogen-bond donors (Lipinski definition) is 0. The molecule has 2 aromatic carbocycles. The molecule has 4 heteroatoms. The fourth-order valence-corrected chi connectivity index (χ4v) is 2.00. The van der Waals surface area contributed by atoms with Gasteiger partial charge in [0, 0.05) is 0 Å². The molecule has 0 aliphatic rings. The van der Waals surface area contributed by atoms with Gasteiger partial charge in [-0.2, -0.15) is 0 Å². The molecule has 0 radical (unpaired) electrons. The first kappa shape index (κ1) is 11.2. The zero-order chi connectivity index (χ0) is 12.4. The van der Waals surface area contributed by atoms with Crippen LogP contribution >= 0.6 is 15.9 Å². The van der Waals surface area contributed by atoms with Gasteiger partial charge in [-0.25, -0.2) is 9.97 Å². The van der Waals surface area contributed by atoms with Gasteiger partial charge in [-0.1, -0.05) is 24.3 Å². The lowest BCUT2D eigenvalue weighted by atomic mass is 10.3. The number of hydrogen-bond acceptors (Lipinski definition) is 3. The lowest BCUT2D eigenvalue weighted by Crippen LogP contribution is -1.91. The van der Waals surface area contributed by atoms with Crippen molar-refractivity contribution in [2.45, 2.75) is 0 Å². The van der Waals surface area contributed by atoms with Gasteiger partial charge in [0.1, 0.15) is 5.75 Å². The standard InChI is InChI=1S/C14H9BrN2O/c15-10-5-1-4-8-13(10)18-14-9-16-11-6-2-3-7-12(11)17-14/h1-9H. The Morgan fingerprint density at radius 3 is 2.44 bits per heavy atom. The topological polar surface area (TPSA) is 35.0 Å². The van der Waals surface area contributed by atoms with Gasteiger partial charge in [-0.15, -0.1) is 0 Å². The SMILES string of the molecule is Brc1ccccc1Oc1cnc2ccccc2n1. The summed E-state index contributed by atoms with van der Waals surface area (Å²) in [5.41, 5.74) is 1.68. The average Bonchev–Trinajstić information content (AvgIpc) is 2.41. The summed E-state index contributed by atoms with van der Waals surface area (Å²) in [5, 5.41) is 0. The number of fused-ring (bicyclic) bond motifs is 1. The second-order valence-corrected chi connectivity index (χ2v) is 4.58. The van der Waals surface area contributed by atoms with E-state index in [2.05, 4.69) is 25.9 Å². The van der Waals surface area contributed by atoms with Crippen LogP contribution in [0.1, 0.15) is 0 Å². The summed E-state index contributed by atoms with van der Waals surface area (Å²) >= 11 is 3.43. The second-order valence-electron chi connectivity index (χ2n) is 3.73. The van der Waals surface area contributed by atoms with E-state index in [4.69, 9.17) is 4.74 Å². The Morgan fingerprint density at radius 1 is 0.889 bits per heavy atom. The molecule has 0 saturated heterocycles. The van der Waals surface area contributed by atoms with Crippen molar-refractivity contribution >= 4 is 27.0 Å². The number of rotatable bonds is 2. The van der Waals surface area contributed by atoms with Crippen molar-refractivity contribution in [3.8, 4) is 11.6 Å². The van der Waals surface area contributed by atoms with E-state index >= 15 is 0 Å². The molecule has 0 aliphatic carbocycles. The Kier molecular flexibility index (Phi) is 2.94. The van der Waals surface area contributed by atoms with Gasteiger partial charge < -0.3 is 4.74 Å². The van der Waals surface area contributed by atoms with Gasteiger partial charge in [-0.3, -0.25) is 0 Å². The summed E-state index contributed by atoms with van der Waals surface area (Å²) in [6.07, 6.45) is 1.63. The molecule has 0 N–H and O–H groups in total. The summed E-state index contributed by atoms with van der Waals surface area (Å²) in [6, 6.07) is 15.3. The fourth-order valence-electron chi connectivity index (χ4n) is 1.63. The van der Waals surface area contributed by atoms with Crippen LogP contribution in [0.5, 0.6) is 11.6 Å². The molecule has 88 valence electrons. The van der Waals surface area contributed by atoms with Crippen LogP contribution in [-0.4, -0.2) is 9.97 Å². The minimum absolute atomic E-state index is 0.487. The molecule has 0 aliphatic heterocycles. The number of halogens is 1. The minimum Gasteiger partial charge on any atom is -0.436 e. The molecule has 1 heterocycles. The summed E-state index contributed by atoms with van der Waals surface area (Å²) in [5.74, 6) is 1.21. The highest BCUT2D eigenvalue weighted by Crippen LogP contribution is 2.28. The Morgan fingerprint density at radius 2 is 1.61 bits per heavy atom. The zero-order valence-electron chi connectivity index (χ0n) is 9.38. The maximum absolute atomic E-state index is 5.70. The molecule has 18 heavy (non-hydrogen) atoms. The van der Waals surface area contributed by atoms with Crippen molar-refractivity contribution in [2.75, 3.05) is 0 Å². The van der Waals surface area contributed by atoms with Crippen LogP contribution in [0.3, 0.4) is 0 Å². The van der Waals surface area contributed by atoms with E-state index in [9.17, 15) is 0 Å². The fraction of sp³-hybridized carbons (Fsp3) is 0. The van der Waals surface area contributed by atoms with Crippen molar-refractivity contribution in [1.82, 2.24) is 9.97 Å². The molecule has 3 nitrogen and oxygen atoms in total. The summed E-state index contributed by atoms with van der Waals surface area (Å²) in [7, 11) is 0. The number of benzene rings is 2. The van der Waals surface area contributed by atoms with Gasteiger partial charge in [0.15, 0.2) is 0 Å². The third kappa shape index (κ3) is 2.19. The van der Waals surface area contributed by atoms with Crippen molar-refractivity contribution in [2.24, 2.45) is 0 Å². The zero-order valence-corrected chi connectivity index (χ0v) is 11.0. The Labute approximate surface area is 113 Å². The quantitative estimate of drug-likeness (QED) is 0.712. The number of nitrogens with zero attached hydrogens (tertiary/aromatic N) is 2. The Balaban J connectivity index is 1.98. The van der Waals surface area contributed by atoms with Gasteiger partial charge in [-0.05, 0) is 40.2 Å². The van der Waals surface area contributed by atoms with Crippen LogP contribution in [0.25, 0.3) is 11.0 Å². The highest BCUT2D eigenvalue weighted by atomic mass is 79.9. The minimum atomic E-state index is 0.487. The molecule has 0 bridgehead atoms. The van der Waals surface area contributed by atoms with Crippen molar-refractivity contribution in [3.63, 3.8) is 0 Å². The Hall–Kier alpha value is -1.94. The third-order valence-corrected chi connectivity index (χ3v) is 3.13. The van der Waals surface area contributed by atoms with Crippen molar-refractivity contribution in [1.29, 1.82) is 0 Å². The first-order chi connectivity index (χ1) is 8.83. The van der Waals surface area contributed by atoms with E-state index in [-0.39, 0.29) is 0 Å². The normalized spacial score (nSPS) is 10.5. The maximum Gasteiger partial charge on any atom is 0.238 e. The molecule has 3 rings (SSSR count). The molecule has 0 amide bonds. The second kappa shape index (κ2) is 4.74. The highest BCUT2D eigenvalue weighted by Gasteiger charge is 2.04. The molecule has 0 saturated carbocycles. The number of ether oxygens (including phenoxy) is 1. The van der Waals surface area contributed by atoms with E-state index in [1.165, 1.54) is 0 Å². The van der Waals surface area contributed by atoms with E-state index < -0.39 is 0 Å². The summed E-state index contributed by atoms with van der Waals surface area (Å²) < 4.78 is 6.59. The van der Waals surface area contributed by atoms with Crippen LogP contribution in [0.2, 0.25) is 0 Å². The van der Waals surface area contributed by atoms with Crippen LogP contribution in [0, 0.1) is 0 Å². The molecule has 0 unspecified atom stereocenters. The van der Waals surface area contributed by atoms with E-state index in [1.807, 2.05) is 48.5 Å². The van der Waals surface area contributed by atoms with E-state index in [0.717, 1.165) is 21.3 Å². The van der Waals surface area contributed by atoms with E-state index in [0.29, 0.717) is 5.88 Å². The molecular formula is C14H9BrN2O. The summed E-state index contributed by atoms with van der Waals surface area (Å²) in [6.45, 7) is 0. The Bertz CT molecular complexity index is 700. The molecular weight excluding hydrogens is 292 g/mol. The van der Waals surface area contributed by atoms with Gasteiger partial charge >= 0.3 is 0 Å². The van der Waals surface area contributed by atoms with Crippen molar-refractivity contribution in [3.05, 3.63) is 59.2 Å². The molecule has 0 fully saturated rings.